The third-order valence-electron chi connectivity index (χ3n) is 2.28. The van der Waals surface area contributed by atoms with Gasteiger partial charge in [0.15, 0.2) is 0 Å². The zero-order valence-electron chi connectivity index (χ0n) is 7.71. The molecule has 0 saturated carbocycles. The van der Waals surface area contributed by atoms with Crippen LogP contribution in [-0.4, -0.2) is 42.5 Å². The summed E-state index contributed by atoms with van der Waals surface area (Å²) in [6, 6.07) is 0.329. The summed E-state index contributed by atoms with van der Waals surface area (Å²) < 4.78 is 0. The second-order valence-electron chi connectivity index (χ2n) is 3.50. The number of carbonyl (C=O) groups excluding carboxylic acids is 1. The fourth-order valence-corrected chi connectivity index (χ4v) is 1.43. The molecule has 12 heavy (non-hydrogen) atoms. The number of nitrogens with one attached hydrogen (secondary N) is 1. The summed E-state index contributed by atoms with van der Waals surface area (Å²) in [6.45, 7) is 6.85. The topological polar surface area (TPSA) is 58.4 Å². The smallest absolute Gasteiger partial charge is 0.235 e. The van der Waals surface area contributed by atoms with Gasteiger partial charge in [0.25, 0.3) is 0 Å². The Balaban J connectivity index is 2.46. The molecule has 0 bridgehead atoms. The van der Waals surface area contributed by atoms with Gasteiger partial charge in [-0.25, -0.2) is 0 Å². The molecule has 4 nitrogen and oxygen atoms in total. The summed E-state index contributed by atoms with van der Waals surface area (Å²) in [5, 5.41) is 3.09. The van der Waals surface area contributed by atoms with Gasteiger partial charge in [0.1, 0.15) is 0 Å². The molecule has 1 aliphatic heterocycles. The Kier molecular flexibility index (Phi) is 3.05. The van der Waals surface area contributed by atoms with Gasteiger partial charge in [0.2, 0.25) is 5.91 Å². The van der Waals surface area contributed by atoms with Crippen LogP contribution < -0.4 is 11.1 Å². The molecule has 0 aromatic carbocycles. The molecule has 1 fully saturated rings. The van der Waals surface area contributed by atoms with Crippen molar-refractivity contribution in [3.05, 3.63) is 0 Å². The number of piperazine rings is 1. The molecule has 0 aliphatic carbocycles. The van der Waals surface area contributed by atoms with Crippen LogP contribution in [0.1, 0.15) is 13.8 Å². The lowest BCUT2D eigenvalue weighted by Gasteiger charge is -2.34. The first-order valence-electron chi connectivity index (χ1n) is 4.38. The fraction of sp³-hybridized carbons (Fsp3) is 0.875. The van der Waals surface area contributed by atoms with Crippen molar-refractivity contribution in [3.63, 3.8) is 0 Å². The maximum absolute atomic E-state index is 10.9. The Bertz CT molecular complexity index is 170. The van der Waals surface area contributed by atoms with Gasteiger partial charge in [0.05, 0.1) is 6.04 Å². The van der Waals surface area contributed by atoms with Crippen molar-refractivity contribution in [1.29, 1.82) is 0 Å². The summed E-state index contributed by atoms with van der Waals surface area (Å²) in [7, 11) is 0. The number of hydrogen-bond donors (Lipinski definition) is 2. The van der Waals surface area contributed by atoms with Crippen LogP contribution in [0.3, 0.4) is 0 Å². The monoisotopic (exact) mass is 171 g/mol. The minimum atomic E-state index is -0.250. The highest BCUT2D eigenvalue weighted by Crippen LogP contribution is 2.03. The standard InChI is InChI=1S/C8H17N3O/c1-6(2)11-4-3-10-7(5-11)8(9)12/h6-7,10H,3-5H2,1-2H3,(H2,9,12). The van der Waals surface area contributed by atoms with Crippen LogP contribution in [0.5, 0.6) is 0 Å². The van der Waals surface area contributed by atoms with Crippen molar-refractivity contribution in [3.8, 4) is 0 Å². The maximum Gasteiger partial charge on any atom is 0.235 e. The van der Waals surface area contributed by atoms with Gasteiger partial charge < -0.3 is 11.1 Å². The molecule has 1 atom stereocenters. The van der Waals surface area contributed by atoms with Crippen molar-refractivity contribution in [2.75, 3.05) is 19.6 Å². The predicted molar refractivity (Wildman–Crippen MR) is 47.7 cm³/mol. The van der Waals surface area contributed by atoms with E-state index in [0.29, 0.717) is 6.04 Å². The van der Waals surface area contributed by atoms with E-state index in [1.807, 2.05) is 0 Å². The van der Waals surface area contributed by atoms with E-state index >= 15 is 0 Å². The SMILES string of the molecule is CC(C)N1CCNC(C(N)=O)C1. The van der Waals surface area contributed by atoms with Gasteiger partial charge in [-0.15, -0.1) is 0 Å². The second kappa shape index (κ2) is 3.87. The highest BCUT2D eigenvalue weighted by molar-refractivity contribution is 5.80. The number of primary amides is 1. The van der Waals surface area contributed by atoms with Crippen LogP contribution in [0.4, 0.5) is 0 Å². The van der Waals surface area contributed by atoms with Crippen molar-refractivity contribution in [2.45, 2.75) is 25.9 Å². The van der Waals surface area contributed by atoms with E-state index in [1.165, 1.54) is 0 Å². The zero-order valence-corrected chi connectivity index (χ0v) is 7.71. The number of hydrogen-bond acceptors (Lipinski definition) is 3. The molecule has 70 valence electrons. The van der Waals surface area contributed by atoms with Crippen LogP contribution in [0, 0.1) is 0 Å². The van der Waals surface area contributed by atoms with E-state index < -0.39 is 0 Å². The molecular weight excluding hydrogens is 154 g/mol. The molecule has 1 heterocycles. The number of nitrogens with zero attached hydrogens (tertiary/aromatic N) is 1. The molecule has 0 radical (unpaired) electrons. The second-order valence-corrected chi connectivity index (χ2v) is 3.50. The van der Waals surface area contributed by atoms with Gasteiger partial charge in [-0.3, -0.25) is 9.69 Å². The first-order chi connectivity index (χ1) is 5.61. The quantitative estimate of drug-likeness (QED) is 0.569. The van der Waals surface area contributed by atoms with Gasteiger partial charge in [-0.05, 0) is 13.8 Å². The average molecular weight is 171 g/mol. The van der Waals surface area contributed by atoms with Crippen molar-refractivity contribution in [2.24, 2.45) is 5.73 Å². The molecule has 1 saturated heterocycles. The Morgan fingerprint density at radius 2 is 2.33 bits per heavy atom. The highest BCUT2D eigenvalue weighted by atomic mass is 16.1. The minimum absolute atomic E-state index is 0.166. The van der Waals surface area contributed by atoms with Gasteiger partial charge in [-0.2, -0.15) is 0 Å². The third kappa shape index (κ3) is 2.19. The molecule has 3 N–H and O–H groups in total. The molecule has 1 rings (SSSR count). The molecule has 1 amide bonds. The third-order valence-corrected chi connectivity index (χ3v) is 2.28. The average Bonchev–Trinajstić information content (AvgIpc) is 2.04. The van der Waals surface area contributed by atoms with E-state index in [1.54, 1.807) is 0 Å². The van der Waals surface area contributed by atoms with Crippen LogP contribution in [0.2, 0.25) is 0 Å². The molecule has 4 heteroatoms. The van der Waals surface area contributed by atoms with Gasteiger partial charge in [-0.1, -0.05) is 0 Å². The molecule has 0 aromatic heterocycles. The van der Waals surface area contributed by atoms with Gasteiger partial charge in [0, 0.05) is 25.7 Å². The summed E-state index contributed by atoms with van der Waals surface area (Å²) in [4.78, 5) is 13.1. The number of rotatable bonds is 2. The van der Waals surface area contributed by atoms with E-state index in [2.05, 4.69) is 24.1 Å². The predicted octanol–water partition coefficient (Wildman–Crippen LogP) is -0.846. The normalized spacial score (nSPS) is 26.1. The van der Waals surface area contributed by atoms with Crippen molar-refractivity contribution < 1.29 is 4.79 Å². The van der Waals surface area contributed by atoms with Crippen LogP contribution in [0.25, 0.3) is 0 Å². The van der Waals surface area contributed by atoms with Crippen molar-refractivity contribution >= 4 is 5.91 Å². The summed E-state index contributed by atoms with van der Waals surface area (Å²) in [5.41, 5.74) is 5.20. The Hall–Kier alpha value is -0.610. The highest BCUT2D eigenvalue weighted by Gasteiger charge is 2.24. The largest absolute Gasteiger partial charge is 0.368 e. The minimum Gasteiger partial charge on any atom is -0.368 e. The number of amides is 1. The van der Waals surface area contributed by atoms with E-state index in [0.717, 1.165) is 19.6 Å². The van der Waals surface area contributed by atoms with Crippen molar-refractivity contribution in [1.82, 2.24) is 10.2 Å². The molecular formula is C8H17N3O. The van der Waals surface area contributed by atoms with Crippen LogP contribution in [-0.2, 0) is 4.79 Å². The Labute approximate surface area is 73.1 Å². The number of nitrogens with two attached hydrogens (primary N) is 1. The van der Waals surface area contributed by atoms with E-state index in [9.17, 15) is 4.79 Å². The Morgan fingerprint density at radius 1 is 1.67 bits per heavy atom. The molecule has 1 unspecified atom stereocenters. The summed E-state index contributed by atoms with van der Waals surface area (Å²) in [6.07, 6.45) is 0. The molecule has 1 aliphatic rings. The number of carbonyl (C=O) groups is 1. The van der Waals surface area contributed by atoms with Crippen LogP contribution >= 0.6 is 0 Å². The lowest BCUT2D eigenvalue weighted by Crippen LogP contribution is -2.57. The molecule has 0 spiro atoms. The van der Waals surface area contributed by atoms with E-state index in [4.69, 9.17) is 5.73 Å². The first kappa shape index (κ1) is 9.48. The van der Waals surface area contributed by atoms with E-state index in [-0.39, 0.29) is 11.9 Å². The first-order valence-corrected chi connectivity index (χ1v) is 4.38. The van der Waals surface area contributed by atoms with Gasteiger partial charge >= 0.3 is 0 Å². The summed E-state index contributed by atoms with van der Waals surface area (Å²) >= 11 is 0. The van der Waals surface area contributed by atoms with Crippen LogP contribution in [0.15, 0.2) is 0 Å². The molecule has 0 aromatic rings. The Morgan fingerprint density at radius 3 is 2.83 bits per heavy atom. The summed E-state index contributed by atoms with van der Waals surface area (Å²) in [5.74, 6) is -0.250. The fourth-order valence-electron chi connectivity index (χ4n) is 1.43. The maximum atomic E-state index is 10.9. The lowest BCUT2D eigenvalue weighted by molar-refractivity contribution is -0.121. The lowest BCUT2D eigenvalue weighted by atomic mass is 10.1. The zero-order chi connectivity index (χ0) is 9.14.